The van der Waals surface area contributed by atoms with Crippen molar-refractivity contribution in [1.82, 2.24) is 9.88 Å². The molecule has 1 aromatic carbocycles. The number of nitrogens with zero attached hydrogens (tertiary/aromatic N) is 2. The molecule has 0 radical (unpaired) electrons. The van der Waals surface area contributed by atoms with E-state index in [1.54, 1.807) is 18.3 Å². The average Bonchev–Trinajstić information content (AvgIpc) is 2.45. The highest BCUT2D eigenvalue weighted by Crippen LogP contribution is 2.19. The van der Waals surface area contributed by atoms with E-state index >= 15 is 0 Å². The van der Waals surface area contributed by atoms with Gasteiger partial charge < -0.3 is 9.64 Å². The lowest BCUT2D eigenvalue weighted by molar-refractivity contribution is -0.139. The molecule has 1 saturated heterocycles. The SMILES string of the molecule is Cc1cc(OC2CN(C(=O)Cc3ccc(Cl)cc3)C2)ccn1. The maximum absolute atomic E-state index is 12.2. The van der Waals surface area contributed by atoms with Crippen molar-refractivity contribution in [3.8, 4) is 5.75 Å². The molecule has 0 N–H and O–H groups in total. The molecule has 4 nitrogen and oxygen atoms in total. The van der Waals surface area contributed by atoms with Gasteiger partial charge in [-0.15, -0.1) is 0 Å². The number of carbonyl (C=O) groups excluding carboxylic acids is 1. The highest BCUT2D eigenvalue weighted by atomic mass is 35.5. The Morgan fingerprint density at radius 2 is 2.05 bits per heavy atom. The van der Waals surface area contributed by atoms with Crippen LogP contribution in [0.25, 0.3) is 0 Å². The van der Waals surface area contributed by atoms with Crippen molar-refractivity contribution < 1.29 is 9.53 Å². The zero-order valence-electron chi connectivity index (χ0n) is 12.3. The molecule has 22 heavy (non-hydrogen) atoms. The maximum Gasteiger partial charge on any atom is 0.227 e. The van der Waals surface area contributed by atoms with Crippen molar-refractivity contribution in [3.63, 3.8) is 0 Å². The van der Waals surface area contributed by atoms with Gasteiger partial charge >= 0.3 is 0 Å². The first-order valence-electron chi connectivity index (χ1n) is 7.22. The van der Waals surface area contributed by atoms with E-state index in [4.69, 9.17) is 16.3 Å². The van der Waals surface area contributed by atoms with Crippen molar-refractivity contribution in [2.24, 2.45) is 0 Å². The number of likely N-dealkylation sites (tertiary alicyclic amines) is 1. The van der Waals surface area contributed by atoms with Crippen LogP contribution in [0.5, 0.6) is 5.75 Å². The number of benzene rings is 1. The Morgan fingerprint density at radius 1 is 1.32 bits per heavy atom. The van der Waals surface area contributed by atoms with Crippen LogP contribution < -0.4 is 4.74 Å². The first kappa shape index (κ1) is 14.9. The summed E-state index contributed by atoms with van der Waals surface area (Å²) in [4.78, 5) is 18.1. The Labute approximate surface area is 134 Å². The number of hydrogen-bond donors (Lipinski definition) is 0. The molecule has 0 unspecified atom stereocenters. The molecule has 0 saturated carbocycles. The van der Waals surface area contributed by atoms with E-state index in [2.05, 4.69) is 4.98 Å². The minimum absolute atomic E-state index is 0.0657. The topological polar surface area (TPSA) is 42.4 Å². The number of hydrogen-bond acceptors (Lipinski definition) is 3. The van der Waals surface area contributed by atoms with Crippen LogP contribution in [0.15, 0.2) is 42.6 Å². The molecule has 3 rings (SSSR count). The summed E-state index contributed by atoms with van der Waals surface area (Å²) >= 11 is 5.84. The lowest BCUT2D eigenvalue weighted by Gasteiger charge is -2.39. The highest BCUT2D eigenvalue weighted by Gasteiger charge is 2.32. The van der Waals surface area contributed by atoms with Crippen LogP contribution in [-0.4, -0.2) is 35.0 Å². The third-order valence-electron chi connectivity index (χ3n) is 3.64. The van der Waals surface area contributed by atoms with Crippen LogP contribution >= 0.6 is 11.6 Å². The maximum atomic E-state index is 12.2. The van der Waals surface area contributed by atoms with Gasteiger partial charge in [0.25, 0.3) is 0 Å². The van der Waals surface area contributed by atoms with Crippen molar-refractivity contribution in [3.05, 3.63) is 58.9 Å². The first-order valence-corrected chi connectivity index (χ1v) is 7.59. The lowest BCUT2D eigenvalue weighted by atomic mass is 10.1. The predicted octanol–water partition coefficient (Wildman–Crippen LogP) is 2.88. The number of aromatic nitrogens is 1. The molecule has 0 bridgehead atoms. The van der Waals surface area contributed by atoms with Gasteiger partial charge in [0, 0.05) is 23.0 Å². The monoisotopic (exact) mass is 316 g/mol. The van der Waals surface area contributed by atoms with E-state index in [0.29, 0.717) is 24.5 Å². The summed E-state index contributed by atoms with van der Waals surface area (Å²) in [5.41, 5.74) is 1.90. The standard InChI is InChI=1S/C17H17ClN2O2/c1-12-8-15(6-7-19-12)22-16-10-20(11-16)17(21)9-13-2-4-14(18)5-3-13/h2-8,16H,9-11H2,1H3. The van der Waals surface area contributed by atoms with E-state index in [0.717, 1.165) is 17.0 Å². The van der Waals surface area contributed by atoms with Crippen molar-refractivity contribution in [2.45, 2.75) is 19.4 Å². The van der Waals surface area contributed by atoms with Gasteiger partial charge in [-0.1, -0.05) is 23.7 Å². The minimum atomic E-state index is 0.0657. The van der Waals surface area contributed by atoms with Gasteiger partial charge in [-0.05, 0) is 30.7 Å². The molecule has 0 aliphatic carbocycles. The molecule has 1 aromatic heterocycles. The number of carbonyl (C=O) groups is 1. The minimum Gasteiger partial charge on any atom is -0.487 e. The summed E-state index contributed by atoms with van der Waals surface area (Å²) in [7, 11) is 0. The second-order valence-corrected chi connectivity index (χ2v) is 5.91. The molecule has 1 aliphatic heterocycles. The van der Waals surface area contributed by atoms with Gasteiger partial charge in [-0.2, -0.15) is 0 Å². The Hall–Kier alpha value is -2.07. The largest absolute Gasteiger partial charge is 0.487 e. The normalized spacial score (nSPS) is 14.5. The van der Waals surface area contributed by atoms with Crippen LogP contribution in [0, 0.1) is 6.92 Å². The van der Waals surface area contributed by atoms with E-state index in [1.807, 2.05) is 36.1 Å². The van der Waals surface area contributed by atoms with E-state index < -0.39 is 0 Å². The van der Waals surface area contributed by atoms with Gasteiger partial charge in [0.1, 0.15) is 11.9 Å². The number of pyridine rings is 1. The third-order valence-corrected chi connectivity index (χ3v) is 3.89. The molecule has 0 spiro atoms. The quantitative estimate of drug-likeness (QED) is 0.871. The molecule has 1 amide bonds. The Morgan fingerprint density at radius 3 is 2.73 bits per heavy atom. The second-order valence-electron chi connectivity index (χ2n) is 5.47. The van der Waals surface area contributed by atoms with Crippen molar-refractivity contribution in [2.75, 3.05) is 13.1 Å². The van der Waals surface area contributed by atoms with Crippen LogP contribution in [0.2, 0.25) is 5.02 Å². The fourth-order valence-electron chi connectivity index (χ4n) is 2.39. The van der Waals surface area contributed by atoms with Crippen LogP contribution in [0.3, 0.4) is 0 Å². The summed E-state index contributed by atoms with van der Waals surface area (Å²) < 4.78 is 5.83. The summed E-state index contributed by atoms with van der Waals surface area (Å²) in [6, 6.07) is 11.1. The fourth-order valence-corrected chi connectivity index (χ4v) is 2.52. The van der Waals surface area contributed by atoms with Gasteiger partial charge in [-0.3, -0.25) is 9.78 Å². The molecular formula is C17H17ClN2O2. The van der Waals surface area contributed by atoms with Crippen LogP contribution in [-0.2, 0) is 11.2 Å². The molecule has 114 valence electrons. The first-order chi connectivity index (χ1) is 10.6. The zero-order valence-corrected chi connectivity index (χ0v) is 13.1. The number of halogens is 1. The van der Waals surface area contributed by atoms with Gasteiger partial charge in [0.2, 0.25) is 5.91 Å². The number of amides is 1. The number of rotatable bonds is 4. The molecule has 1 aliphatic rings. The van der Waals surface area contributed by atoms with E-state index in [-0.39, 0.29) is 12.0 Å². The van der Waals surface area contributed by atoms with E-state index in [1.165, 1.54) is 0 Å². The molecular weight excluding hydrogens is 300 g/mol. The highest BCUT2D eigenvalue weighted by molar-refractivity contribution is 6.30. The molecule has 5 heteroatoms. The Balaban J connectivity index is 1.48. The summed E-state index contributed by atoms with van der Waals surface area (Å²) in [6.07, 6.45) is 2.20. The summed E-state index contributed by atoms with van der Waals surface area (Å²) in [6.45, 7) is 3.19. The van der Waals surface area contributed by atoms with Gasteiger partial charge in [0.15, 0.2) is 0 Å². The Bertz CT molecular complexity index is 667. The smallest absolute Gasteiger partial charge is 0.227 e. The van der Waals surface area contributed by atoms with E-state index in [9.17, 15) is 4.79 Å². The second kappa shape index (κ2) is 6.36. The predicted molar refractivity (Wildman–Crippen MR) is 85.1 cm³/mol. The average molecular weight is 317 g/mol. The summed E-state index contributed by atoms with van der Waals surface area (Å²) in [5.74, 6) is 0.926. The van der Waals surface area contributed by atoms with Gasteiger partial charge in [0.05, 0.1) is 19.5 Å². The van der Waals surface area contributed by atoms with Gasteiger partial charge in [-0.25, -0.2) is 0 Å². The van der Waals surface area contributed by atoms with Crippen LogP contribution in [0.4, 0.5) is 0 Å². The fraction of sp³-hybridized carbons (Fsp3) is 0.294. The molecule has 2 heterocycles. The zero-order chi connectivity index (χ0) is 15.5. The van der Waals surface area contributed by atoms with Crippen LogP contribution in [0.1, 0.15) is 11.3 Å². The number of aryl methyl sites for hydroxylation is 1. The summed E-state index contributed by atoms with van der Waals surface area (Å²) in [5, 5.41) is 0.682. The van der Waals surface area contributed by atoms with Crippen molar-refractivity contribution in [1.29, 1.82) is 0 Å². The number of ether oxygens (including phenoxy) is 1. The Kier molecular flexibility index (Phi) is 4.29. The molecule has 1 fully saturated rings. The third kappa shape index (κ3) is 3.57. The van der Waals surface area contributed by atoms with Crippen molar-refractivity contribution >= 4 is 17.5 Å². The lowest BCUT2D eigenvalue weighted by Crippen LogP contribution is -2.56. The molecule has 0 atom stereocenters. The molecule has 2 aromatic rings.